The fraction of sp³-hybridized carbons (Fsp3) is 0.391. The number of hydrogen-bond acceptors (Lipinski definition) is 4. The molecule has 2 aromatic rings. The number of unbranched alkanes of at least 4 members (excludes halogenated alkanes) is 1. The highest BCUT2D eigenvalue weighted by Crippen LogP contribution is 2.35. The second-order valence-corrected chi connectivity index (χ2v) is 7.08. The molecule has 27 heavy (non-hydrogen) atoms. The minimum absolute atomic E-state index is 0.128. The quantitative estimate of drug-likeness (QED) is 0.432. The molecule has 2 aromatic carbocycles. The lowest BCUT2D eigenvalue weighted by atomic mass is 9.84. The second kappa shape index (κ2) is 9.47. The Bertz CT molecular complexity index is 737. The first-order valence-corrected chi connectivity index (χ1v) is 9.76. The molecule has 0 amide bonds. The van der Waals surface area contributed by atoms with Crippen LogP contribution in [-0.4, -0.2) is 24.8 Å². The summed E-state index contributed by atoms with van der Waals surface area (Å²) in [5, 5.41) is 3.33. The average Bonchev–Trinajstić information content (AvgIpc) is 2.73. The largest absolute Gasteiger partial charge is 0.454 e. The first-order valence-electron chi connectivity index (χ1n) is 9.76. The fourth-order valence-corrected chi connectivity index (χ4v) is 3.61. The molecule has 0 aliphatic carbocycles. The van der Waals surface area contributed by atoms with Gasteiger partial charge < -0.3 is 10.1 Å². The van der Waals surface area contributed by atoms with Crippen molar-refractivity contribution in [2.24, 2.45) is 0 Å². The predicted octanol–water partition coefficient (Wildman–Crippen LogP) is 4.25. The molecular formula is C23H27NO3. The molecule has 0 unspecified atom stereocenters. The van der Waals surface area contributed by atoms with Gasteiger partial charge in [0.05, 0.1) is 0 Å². The van der Waals surface area contributed by atoms with Gasteiger partial charge in [-0.05, 0) is 31.5 Å². The third-order valence-electron chi connectivity index (χ3n) is 5.15. The molecule has 3 rings (SSSR count). The van der Waals surface area contributed by atoms with Crippen LogP contribution in [0.1, 0.15) is 54.4 Å². The lowest BCUT2D eigenvalue weighted by Gasteiger charge is -2.37. The summed E-state index contributed by atoms with van der Waals surface area (Å²) in [6.45, 7) is 1.68. The fourth-order valence-electron chi connectivity index (χ4n) is 3.61. The first-order chi connectivity index (χ1) is 13.2. The van der Waals surface area contributed by atoms with Crippen molar-refractivity contribution in [1.29, 1.82) is 0 Å². The lowest BCUT2D eigenvalue weighted by Crippen LogP contribution is -2.43. The Hall–Kier alpha value is -2.46. The maximum atomic E-state index is 12.5. The maximum Gasteiger partial charge on any atom is 0.306 e. The average molecular weight is 365 g/mol. The van der Waals surface area contributed by atoms with E-state index >= 15 is 0 Å². The van der Waals surface area contributed by atoms with E-state index in [0.29, 0.717) is 25.7 Å². The summed E-state index contributed by atoms with van der Waals surface area (Å²) in [5.74, 6) is -0.0454. The molecule has 0 aromatic heterocycles. The molecule has 0 spiro atoms. The van der Waals surface area contributed by atoms with E-state index in [-0.39, 0.29) is 11.8 Å². The van der Waals surface area contributed by atoms with Crippen LogP contribution in [0.25, 0.3) is 0 Å². The number of hydrogen-bond donors (Lipinski definition) is 1. The van der Waals surface area contributed by atoms with Gasteiger partial charge in [-0.3, -0.25) is 9.59 Å². The number of benzene rings is 2. The zero-order chi connectivity index (χ0) is 19.0. The number of nitrogens with one attached hydrogen (secondary N) is 1. The van der Waals surface area contributed by atoms with Gasteiger partial charge in [0, 0.05) is 31.2 Å². The number of carbonyl (C=O) groups excluding carboxylic acids is 2. The Morgan fingerprint density at radius 3 is 2.11 bits per heavy atom. The van der Waals surface area contributed by atoms with Crippen LogP contribution in [0.15, 0.2) is 60.7 Å². The molecule has 142 valence electrons. The van der Waals surface area contributed by atoms with Crippen LogP contribution in [0, 0.1) is 0 Å². The normalized spacial score (nSPS) is 15.9. The smallest absolute Gasteiger partial charge is 0.306 e. The summed E-state index contributed by atoms with van der Waals surface area (Å²) < 4.78 is 5.99. The molecule has 0 radical (unpaired) electrons. The van der Waals surface area contributed by atoms with E-state index in [4.69, 9.17) is 4.74 Å². The molecular weight excluding hydrogens is 338 g/mol. The Kier molecular flexibility index (Phi) is 6.77. The van der Waals surface area contributed by atoms with E-state index in [1.54, 1.807) is 0 Å². The summed E-state index contributed by atoms with van der Waals surface area (Å²) in [5.41, 5.74) is 1.28. The van der Waals surface area contributed by atoms with Crippen LogP contribution >= 0.6 is 0 Å². The third-order valence-corrected chi connectivity index (χ3v) is 5.15. The van der Waals surface area contributed by atoms with Gasteiger partial charge in [0.15, 0.2) is 5.78 Å². The molecule has 1 fully saturated rings. The highest BCUT2D eigenvalue weighted by atomic mass is 16.6. The van der Waals surface area contributed by atoms with Crippen molar-refractivity contribution in [2.75, 3.05) is 13.1 Å². The lowest BCUT2D eigenvalue weighted by molar-refractivity contribution is -0.164. The van der Waals surface area contributed by atoms with Gasteiger partial charge in [-0.2, -0.15) is 0 Å². The SMILES string of the molecule is O=C(CCCCC(=O)c1ccccc1)OC1(c2ccccc2)CCNCC1. The number of Topliss-reactive ketones (excluding diaryl/α,β-unsaturated/α-hetero) is 1. The molecule has 1 aliphatic rings. The van der Waals surface area contributed by atoms with E-state index in [1.165, 1.54) is 0 Å². The van der Waals surface area contributed by atoms with Crippen molar-refractivity contribution in [1.82, 2.24) is 5.32 Å². The predicted molar refractivity (Wildman–Crippen MR) is 106 cm³/mol. The molecule has 4 nitrogen and oxygen atoms in total. The highest BCUT2D eigenvalue weighted by Gasteiger charge is 2.37. The topological polar surface area (TPSA) is 55.4 Å². The van der Waals surface area contributed by atoms with E-state index in [0.717, 1.165) is 37.1 Å². The number of ketones is 1. The van der Waals surface area contributed by atoms with Crippen molar-refractivity contribution < 1.29 is 14.3 Å². The third kappa shape index (κ3) is 5.27. The van der Waals surface area contributed by atoms with Crippen LogP contribution in [0.3, 0.4) is 0 Å². The number of esters is 1. The highest BCUT2D eigenvalue weighted by molar-refractivity contribution is 5.95. The molecule has 0 bridgehead atoms. The van der Waals surface area contributed by atoms with E-state index in [9.17, 15) is 9.59 Å². The van der Waals surface area contributed by atoms with E-state index < -0.39 is 5.60 Å². The zero-order valence-electron chi connectivity index (χ0n) is 15.7. The van der Waals surface area contributed by atoms with Crippen LogP contribution in [-0.2, 0) is 15.1 Å². The van der Waals surface area contributed by atoms with Gasteiger partial charge in [0.1, 0.15) is 5.60 Å². The molecule has 1 saturated heterocycles. The number of carbonyl (C=O) groups is 2. The first kappa shape index (κ1) is 19.3. The molecule has 1 aliphatic heterocycles. The summed E-state index contributed by atoms with van der Waals surface area (Å²) in [6, 6.07) is 19.3. The van der Waals surface area contributed by atoms with Crippen molar-refractivity contribution in [3.8, 4) is 0 Å². The van der Waals surface area contributed by atoms with Crippen molar-refractivity contribution in [3.05, 3.63) is 71.8 Å². The van der Waals surface area contributed by atoms with Crippen molar-refractivity contribution in [2.45, 2.75) is 44.1 Å². The minimum atomic E-state index is -0.524. The summed E-state index contributed by atoms with van der Waals surface area (Å²) in [4.78, 5) is 24.6. The van der Waals surface area contributed by atoms with E-state index in [1.807, 2.05) is 60.7 Å². The molecule has 0 atom stereocenters. The van der Waals surface area contributed by atoms with Crippen LogP contribution in [0.5, 0.6) is 0 Å². The van der Waals surface area contributed by atoms with Gasteiger partial charge >= 0.3 is 5.97 Å². The van der Waals surface area contributed by atoms with Gasteiger partial charge in [0.2, 0.25) is 0 Å². The van der Waals surface area contributed by atoms with Gasteiger partial charge in [-0.25, -0.2) is 0 Å². The standard InChI is InChI=1S/C23H27NO3/c25-21(19-9-3-1-4-10-19)13-7-8-14-22(26)27-23(15-17-24-18-16-23)20-11-5-2-6-12-20/h1-6,9-12,24H,7-8,13-18H2. The summed E-state index contributed by atoms with van der Waals surface area (Å²) in [6.07, 6.45) is 3.75. The molecule has 0 saturated carbocycles. The Morgan fingerprint density at radius 2 is 1.44 bits per heavy atom. The Morgan fingerprint density at radius 1 is 0.852 bits per heavy atom. The van der Waals surface area contributed by atoms with Crippen LogP contribution in [0.2, 0.25) is 0 Å². The Balaban J connectivity index is 1.49. The number of ether oxygens (including phenoxy) is 1. The number of piperidine rings is 1. The summed E-state index contributed by atoms with van der Waals surface area (Å²) >= 11 is 0. The molecule has 1 heterocycles. The van der Waals surface area contributed by atoms with Crippen molar-refractivity contribution in [3.63, 3.8) is 0 Å². The molecule has 1 N–H and O–H groups in total. The van der Waals surface area contributed by atoms with E-state index in [2.05, 4.69) is 5.32 Å². The Labute approximate surface area is 160 Å². The van der Waals surface area contributed by atoms with Crippen molar-refractivity contribution >= 4 is 11.8 Å². The second-order valence-electron chi connectivity index (χ2n) is 7.08. The zero-order valence-corrected chi connectivity index (χ0v) is 15.7. The number of rotatable bonds is 8. The minimum Gasteiger partial charge on any atom is -0.454 e. The molecule has 4 heteroatoms. The van der Waals surface area contributed by atoms with Gasteiger partial charge in [-0.15, -0.1) is 0 Å². The van der Waals surface area contributed by atoms with Gasteiger partial charge in [-0.1, -0.05) is 60.7 Å². The van der Waals surface area contributed by atoms with Gasteiger partial charge in [0.25, 0.3) is 0 Å². The van der Waals surface area contributed by atoms with Crippen LogP contribution in [0.4, 0.5) is 0 Å². The summed E-state index contributed by atoms with van der Waals surface area (Å²) in [7, 11) is 0. The monoisotopic (exact) mass is 365 g/mol. The van der Waals surface area contributed by atoms with Crippen LogP contribution < -0.4 is 5.32 Å². The maximum absolute atomic E-state index is 12.5.